The van der Waals surface area contributed by atoms with E-state index in [4.69, 9.17) is 0 Å². The smallest absolute Gasteiger partial charge is 0.407 e. The predicted molar refractivity (Wildman–Crippen MR) is 98.7 cm³/mol. The first-order valence-corrected chi connectivity index (χ1v) is 8.22. The van der Waals surface area contributed by atoms with Crippen LogP contribution in [-0.2, 0) is 0 Å². The number of likely N-dealkylation sites (N-methyl/N-ethyl adjacent to an activating group) is 1. The lowest BCUT2D eigenvalue weighted by molar-refractivity contribution is 0.113. The summed E-state index contributed by atoms with van der Waals surface area (Å²) in [5.74, 6) is -0.354. The van der Waals surface area contributed by atoms with Gasteiger partial charge < -0.3 is 15.1 Å². The van der Waals surface area contributed by atoms with E-state index in [-0.39, 0.29) is 12.5 Å². The van der Waals surface area contributed by atoms with Gasteiger partial charge in [-0.25, -0.2) is 4.79 Å². The molecule has 2 atom stereocenters. The van der Waals surface area contributed by atoms with Crippen LogP contribution >= 0.6 is 0 Å². The molecule has 3 aromatic rings. The summed E-state index contributed by atoms with van der Waals surface area (Å²) in [7, 11) is 1.52. The molecule has 0 bridgehead atoms. The molecule has 1 amide bonds. The molecule has 25 heavy (non-hydrogen) atoms. The van der Waals surface area contributed by atoms with Crippen molar-refractivity contribution in [2.24, 2.45) is 0 Å². The van der Waals surface area contributed by atoms with E-state index in [1.54, 1.807) is 0 Å². The van der Waals surface area contributed by atoms with Crippen LogP contribution in [0.3, 0.4) is 0 Å². The fraction of sp³-hybridized carbons (Fsp3) is 0.190. The molecular weight excluding hydrogens is 314 g/mol. The van der Waals surface area contributed by atoms with Crippen LogP contribution in [-0.4, -0.2) is 34.8 Å². The minimum atomic E-state index is -1.01. The number of rotatable bonds is 5. The minimum absolute atomic E-state index is 0.212. The third-order valence-electron chi connectivity index (χ3n) is 4.52. The maximum atomic E-state index is 11.3. The molecule has 3 aromatic carbocycles. The van der Waals surface area contributed by atoms with Crippen LogP contribution in [0.15, 0.2) is 72.8 Å². The first kappa shape index (κ1) is 17.0. The van der Waals surface area contributed by atoms with Gasteiger partial charge in [-0.15, -0.1) is 0 Å². The molecule has 4 heteroatoms. The van der Waals surface area contributed by atoms with Crippen molar-refractivity contribution in [2.45, 2.75) is 12.0 Å². The second-order valence-electron chi connectivity index (χ2n) is 6.23. The maximum absolute atomic E-state index is 11.3. The molecule has 0 aliphatic carbocycles. The van der Waals surface area contributed by atoms with Crippen LogP contribution in [0.4, 0.5) is 4.79 Å². The van der Waals surface area contributed by atoms with Crippen molar-refractivity contribution < 1.29 is 15.0 Å². The first-order chi connectivity index (χ1) is 12.1. The van der Waals surface area contributed by atoms with Crippen LogP contribution < -0.4 is 0 Å². The van der Waals surface area contributed by atoms with E-state index in [0.717, 1.165) is 21.9 Å². The molecule has 2 unspecified atom stereocenters. The highest BCUT2D eigenvalue weighted by molar-refractivity contribution is 5.83. The van der Waals surface area contributed by atoms with Gasteiger partial charge in [-0.05, 0) is 21.9 Å². The largest absolute Gasteiger partial charge is 0.465 e. The second-order valence-corrected chi connectivity index (χ2v) is 6.23. The maximum Gasteiger partial charge on any atom is 0.407 e. The molecular formula is C21H21NO3. The third kappa shape index (κ3) is 3.80. The Morgan fingerprint density at radius 1 is 0.920 bits per heavy atom. The third-order valence-corrected chi connectivity index (χ3v) is 4.52. The van der Waals surface area contributed by atoms with Gasteiger partial charge in [0.2, 0.25) is 0 Å². The van der Waals surface area contributed by atoms with Gasteiger partial charge in [-0.2, -0.15) is 0 Å². The zero-order valence-electron chi connectivity index (χ0n) is 14.0. The Hall–Kier alpha value is -2.85. The van der Waals surface area contributed by atoms with Crippen molar-refractivity contribution >= 4 is 16.9 Å². The van der Waals surface area contributed by atoms with Gasteiger partial charge in [0.1, 0.15) is 0 Å². The molecule has 0 aliphatic heterocycles. The highest BCUT2D eigenvalue weighted by atomic mass is 16.4. The fourth-order valence-electron chi connectivity index (χ4n) is 3.08. The predicted octanol–water partition coefficient (Wildman–Crippen LogP) is 4.27. The molecule has 2 N–H and O–H groups in total. The van der Waals surface area contributed by atoms with Crippen LogP contribution in [0.5, 0.6) is 0 Å². The Morgan fingerprint density at radius 2 is 1.56 bits per heavy atom. The van der Waals surface area contributed by atoms with Gasteiger partial charge in [0.05, 0.1) is 6.10 Å². The number of amides is 1. The van der Waals surface area contributed by atoms with Crippen molar-refractivity contribution in [1.82, 2.24) is 4.90 Å². The highest BCUT2D eigenvalue weighted by Crippen LogP contribution is 2.33. The summed E-state index contributed by atoms with van der Waals surface area (Å²) in [6, 6.07) is 23.4. The number of nitrogens with zero attached hydrogens (tertiary/aromatic N) is 1. The summed E-state index contributed by atoms with van der Waals surface area (Å²) >= 11 is 0. The molecule has 128 valence electrons. The number of carbonyl (C=O) groups is 1. The normalized spacial score (nSPS) is 13.4. The van der Waals surface area contributed by atoms with Crippen LogP contribution in [0, 0.1) is 0 Å². The first-order valence-electron chi connectivity index (χ1n) is 8.22. The van der Waals surface area contributed by atoms with Gasteiger partial charge in [-0.1, -0.05) is 72.8 Å². The van der Waals surface area contributed by atoms with E-state index < -0.39 is 12.2 Å². The van der Waals surface area contributed by atoms with Crippen molar-refractivity contribution in [2.75, 3.05) is 13.6 Å². The SMILES string of the molecule is CN(CC(c1ccc2ccccc2c1)C(O)c1ccccc1)C(=O)O. The van der Waals surface area contributed by atoms with E-state index in [1.807, 2.05) is 72.8 Å². The van der Waals surface area contributed by atoms with Crippen molar-refractivity contribution in [3.8, 4) is 0 Å². The Balaban J connectivity index is 2.00. The van der Waals surface area contributed by atoms with Gasteiger partial charge in [-0.3, -0.25) is 0 Å². The van der Waals surface area contributed by atoms with E-state index >= 15 is 0 Å². The van der Waals surface area contributed by atoms with Crippen molar-refractivity contribution in [3.63, 3.8) is 0 Å². The average Bonchev–Trinajstić information content (AvgIpc) is 2.65. The monoisotopic (exact) mass is 335 g/mol. The van der Waals surface area contributed by atoms with Crippen molar-refractivity contribution in [1.29, 1.82) is 0 Å². The van der Waals surface area contributed by atoms with Gasteiger partial charge >= 0.3 is 6.09 Å². The Morgan fingerprint density at radius 3 is 2.24 bits per heavy atom. The van der Waals surface area contributed by atoms with Crippen LogP contribution in [0.25, 0.3) is 10.8 Å². The second kappa shape index (κ2) is 7.36. The quantitative estimate of drug-likeness (QED) is 0.732. The van der Waals surface area contributed by atoms with E-state index in [2.05, 4.69) is 0 Å². The lowest BCUT2D eigenvalue weighted by Crippen LogP contribution is -2.32. The molecule has 0 aromatic heterocycles. The zero-order chi connectivity index (χ0) is 17.8. The van der Waals surface area contributed by atoms with Gasteiger partial charge in [0.25, 0.3) is 0 Å². The summed E-state index contributed by atoms with van der Waals surface area (Å²) in [6.07, 6.45) is -1.80. The molecule has 3 rings (SSSR count). The zero-order valence-corrected chi connectivity index (χ0v) is 14.0. The van der Waals surface area contributed by atoms with E-state index in [1.165, 1.54) is 11.9 Å². The molecule has 4 nitrogen and oxygen atoms in total. The number of benzene rings is 3. The average molecular weight is 335 g/mol. The molecule has 0 fully saturated rings. The number of aliphatic hydroxyl groups excluding tert-OH is 1. The van der Waals surface area contributed by atoms with Gasteiger partial charge in [0.15, 0.2) is 0 Å². The summed E-state index contributed by atoms with van der Waals surface area (Å²) in [6.45, 7) is 0.212. The number of carboxylic acid groups (broad SMARTS) is 1. The summed E-state index contributed by atoms with van der Waals surface area (Å²) in [4.78, 5) is 12.5. The Bertz CT molecular complexity index is 863. The van der Waals surface area contributed by atoms with Crippen LogP contribution in [0.2, 0.25) is 0 Å². The molecule has 0 aliphatic rings. The number of hydrogen-bond acceptors (Lipinski definition) is 2. The highest BCUT2D eigenvalue weighted by Gasteiger charge is 2.26. The number of hydrogen-bond donors (Lipinski definition) is 2. The minimum Gasteiger partial charge on any atom is -0.465 e. The standard InChI is InChI=1S/C21H21NO3/c1-22(21(24)25)14-19(20(23)16-8-3-2-4-9-16)18-12-11-15-7-5-6-10-17(15)13-18/h2-13,19-20,23H,14H2,1H3,(H,24,25). The lowest BCUT2D eigenvalue weighted by atomic mass is 9.87. The lowest BCUT2D eigenvalue weighted by Gasteiger charge is -2.27. The Labute approximate surface area is 147 Å². The van der Waals surface area contributed by atoms with Crippen molar-refractivity contribution in [3.05, 3.63) is 83.9 Å². The van der Waals surface area contributed by atoms with E-state index in [9.17, 15) is 15.0 Å². The molecule has 0 radical (unpaired) electrons. The number of fused-ring (bicyclic) bond motifs is 1. The number of aliphatic hydroxyl groups is 1. The Kier molecular flexibility index (Phi) is 5.00. The van der Waals surface area contributed by atoms with Gasteiger partial charge in [0, 0.05) is 19.5 Å². The molecule has 0 heterocycles. The summed E-state index contributed by atoms with van der Waals surface area (Å²) < 4.78 is 0. The topological polar surface area (TPSA) is 60.8 Å². The van der Waals surface area contributed by atoms with E-state index in [0.29, 0.717) is 0 Å². The molecule has 0 spiro atoms. The van der Waals surface area contributed by atoms with Crippen LogP contribution in [0.1, 0.15) is 23.1 Å². The molecule has 0 saturated carbocycles. The summed E-state index contributed by atoms with van der Waals surface area (Å²) in [5.41, 5.74) is 1.70. The molecule has 0 saturated heterocycles. The summed E-state index contributed by atoms with van der Waals surface area (Å²) in [5, 5.41) is 22.4. The fourth-order valence-corrected chi connectivity index (χ4v) is 3.08.